The quantitative estimate of drug-likeness (QED) is 0.135. The number of aliphatic hydroxyl groups is 1. The predicted molar refractivity (Wildman–Crippen MR) is 127 cm³/mol. The first-order valence-corrected chi connectivity index (χ1v) is 10.7. The molecule has 196 valence electrons. The number of ether oxygens (including phenoxy) is 1. The summed E-state index contributed by atoms with van der Waals surface area (Å²) in [5, 5.41) is 11.6. The molecule has 4 N–H and O–H groups in total. The zero-order chi connectivity index (χ0) is 27.1. The van der Waals surface area contributed by atoms with Crippen LogP contribution in [-0.2, 0) is 17.9 Å². The Morgan fingerprint density at radius 3 is 2.32 bits per heavy atom. The van der Waals surface area contributed by atoms with Crippen LogP contribution >= 0.6 is 0 Å². The maximum atomic E-state index is 13.8. The molecule has 0 saturated carbocycles. The van der Waals surface area contributed by atoms with Crippen molar-refractivity contribution < 1.29 is 27.8 Å². The van der Waals surface area contributed by atoms with Crippen molar-refractivity contribution in [1.82, 2.24) is 25.0 Å². The van der Waals surface area contributed by atoms with E-state index < -0.39 is 54.6 Å². The number of allylic oxidation sites excluding steroid dienone is 1. The first kappa shape index (κ1) is 27.2. The van der Waals surface area contributed by atoms with E-state index in [4.69, 9.17) is 9.84 Å². The highest BCUT2D eigenvalue weighted by Gasteiger charge is 2.19. The van der Waals surface area contributed by atoms with Crippen molar-refractivity contribution in [2.24, 2.45) is 0 Å². The van der Waals surface area contributed by atoms with Crippen LogP contribution in [0.15, 0.2) is 57.6 Å². The average molecular weight is 520 g/mol. The van der Waals surface area contributed by atoms with Gasteiger partial charge in [0.1, 0.15) is 12.5 Å². The number of hydrogen-bond donors (Lipinski definition) is 4. The van der Waals surface area contributed by atoms with E-state index in [2.05, 4.69) is 21.2 Å². The summed E-state index contributed by atoms with van der Waals surface area (Å²) in [4.78, 5) is 42.3. The van der Waals surface area contributed by atoms with Crippen LogP contribution in [0.4, 0.5) is 24.8 Å². The van der Waals surface area contributed by atoms with Crippen molar-refractivity contribution in [2.45, 2.75) is 20.0 Å². The summed E-state index contributed by atoms with van der Waals surface area (Å²) in [5.74, 6) is -5.04. The zero-order valence-electron chi connectivity index (χ0n) is 19.7. The number of carbonyl (C=O) groups excluding carboxylic acids is 1. The Morgan fingerprint density at radius 1 is 1.11 bits per heavy atom. The Hall–Kier alpha value is -4.43. The number of nitrogens with zero attached hydrogens (tertiary/aromatic N) is 3. The first-order chi connectivity index (χ1) is 17.7. The third-order valence-electron chi connectivity index (χ3n) is 5.13. The second-order valence-corrected chi connectivity index (χ2v) is 7.50. The van der Waals surface area contributed by atoms with Crippen molar-refractivity contribution in [3.05, 3.63) is 92.0 Å². The van der Waals surface area contributed by atoms with E-state index >= 15 is 0 Å². The van der Waals surface area contributed by atoms with Gasteiger partial charge in [-0.3, -0.25) is 14.8 Å². The molecule has 0 saturated heterocycles. The number of aliphatic hydroxyl groups excluding tert-OH is 1. The van der Waals surface area contributed by atoms with Gasteiger partial charge in [-0.1, -0.05) is 6.08 Å². The number of benzene rings is 2. The minimum atomic E-state index is -1.67. The molecule has 0 fully saturated rings. The number of carbonyl (C=O) groups is 1. The molecule has 0 aliphatic rings. The first-order valence-electron chi connectivity index (χ1n) is 10.7. The van der Waals surface area contributed by atoms with Crippen LogP contribution < -0.4 is 32.3 Å². The summed E-state index contributed by atoms with van der Waals surface area (Å²) in [5.41, 5.74) is 2.63. The summed E-state index contributed by atoms with van der Waals surface area (Å²) in [6.07, 6.45) is 1.35. The van der Waals surface area contributed by atoms with Crippen LogP contribution in [0.5, 0.6) is 5.75 Å². The van der Waals surface area contributed by atoms with Crippen molar-refractivity contribution in [1.29, 1.82) is 0 Å². The number of nitrogens with one attached hydrogen (secondary N) is 3. The number of rotatable bonds is 10. The molecule has 0 bridgehead atoms. The molecule has 37 heavy (non-hydrogen) atoms. The molecule has 3 rings (SSSR count). The molecule has 1 aromatic heterocycles. The Kier molecular flexibility index (Phi) is 8.81. The molecule has 3 aromatic rings. The van der Waals surface area contributed by atoms with Crippen LogP contribution in [0.25, 0.3) is 0 Å². The number of anilines is 2. The lowest BCUT2D eigenvalue weighted by atomic mass is 10.2. The van der Waals surface area contributed by atoms with E-state index in [0.29, 0.717) is 28.1 Å². The zero-order valence-corrected chi connectivity index (χ0v) is 19.7. The van der Waals surface area contributed by atoms with E-state index in [9.17, 15) is 27.6 Å². The molecule has 1 heterocycles. The Balaban J connectivity index is 2.09. The van der Waals surface area contributed by atoms with Gasteiger partial charge in [0.05, 0.1) is 20.2 Å². The SMILES string of the molecule is C/C=C(/Cn1c(=O)nc(Nc2ccc(OC)cc2)n(Cc2cc(F)c(F)c(F)c2)c1=O)C(=O)NNCO. The fourth-order valence-corrected chi connectivity index (χ4v) is 3.25. The standard InChI is InChI=1S/C23H23F3N6O5/c1-3-14(20(34)30-27-12-33)11-32-22(35)29-21(28-15-4-6-16(37-2)7-5-15)31(23(32)36)10-13-8-17(24)19(26)18(25)9-13/h3-9,27,33H,10-12H2,1-2H3,(H,30,34)(H,28,29,35)/b14-3-. The van der Waals surface area contributed by atoms with Gasteiger partial charge in [-0.15, -0.1) is 0 Å². The van der Waals surface area contributed by atoms with Gasteiger partial charge in [-0.25, -0.2) is 32.8 Å². The molecule has 2 aromatic carbocycles. The number of hydrogen-bond acceptors (Lipinski definition) is 8. The van der Waals surface area contributed by atoms with Gasteiger partial charge in [0.15, 0.2) is 17.5 Å². The van der Waals surface area contributed by atoms with E-state index in [-0.39, 0.29) is 17.1 Å². The van der Waals surface area contributed by atoms with Crippen LogP contribution in [0.2, 0.25) is 0 Å². The third kappa shape index (κ3) is 6.42. The van der Waals surface area contributed by atoms with E-state index in [1.807, 2.05) is 0 Å². The molecule has 0 aliphatic carbocycles. The molecule has 0 aliphatic heterocycles. The number of methoxy groups -OCH3 is 1. The van der Waals surface area contributed by atoms with Crippen LogP contribution in [-0.4, -0.2) is 39.0 Å². The number of hydrazine groups is 1. The van der Waals surface area contributed by atoms with E-state index in [1.165, 1.54) is 20.1 Å². The van der Waals surface area contributed by atoms with E-state index in [0.717, 1.165) is 4.57 Å². The molecule has 14 heteroatoms. The molecule has 11 nitrogen and oxygen atoms in total. The maximum Gasteiger partial charge on any atom is 0.355 e. The molecule has 0 radical (unpaired) electrons. The highest BCUT2D eigenvalue weighted by atomic mass is 19.2. The van der Waals surface area contributed by atoms with Crippen LogP contribution in [0, 0.1) is 17.5 Å². The minimum Gasteiger partial charge on any atom is -0.497 e. The van der Waals surface area contributed by atoms with Gasteiger partial charge in [-0.05, 0) is 48.9 Å². The van der Waals surface area contributed by atoms with Gasteiger partial charge in [0, 0.05) is 11.3 Å². The Morgan fingerprint density at radius 2 is 1.76 bits per heavy atom. The summed E-state index contributed by atoms with van der Waals surface area (Å²) in [6, 6.07) is 7.79. The predicted octanol–water partition coefficient (Wildman–Crippen LogP) is 1.14. The van der Waals surface area contributed by atoms with Crippen molar-refractivity contribution in [2.75, 3.05) is 19.2 Å². The second kappa shape index (κ2) is 12.0. The topological polar surface area (TPSA) is 140 Å². The average Bonchev–Trinajstić information content (AvgIpc) is 2.88. The fraction of sp³-hybridized carbons (Fsp3) is 0.217. The summed E-state index contributed by atoms with van der Waals surface area (Å²) < 4.78 is 47.8. The normalized spacial score (nSPS) is 11.4. The van der Waals surface area contributed by atoms with Crippen LogP contribution in [0.3, 0.4) is 0 Å². The lowest BCUT2D eigenvalue weighted by molar-refractivity contribution is -0.119. The number of aromatic nitrogens is 3. The molecule has 0 unspecified atom stereocenters. The lowest BCUT2D eigenvalue weighted by Crippen LogP contribution is -2.45. The summed E-state index contributed by atoms with van der Waals surface area (Å²) in [6.45, 7) is -0.0701. The fourth-order valence-electron chi connectivity index (χ4n) is 3.25. The van der Waals surface area contributed by atoms with Gasteiger partial charge in [-0.2, -0.15) is 4.98 Å². The smallest absolute Gasteiger partial charge is 0.355 e. The van der Waals surface area contributed by atoms with Gasteiger partial charge >= 0.3 is 11.4 Å². The Labute approximate surface area is 207 Å². The molecular formula is C23H23F3N6O5. The summed E-state index contributed by atoms with van der Waals surface area (Å²) in [7, 11) is 1.47. The van der Waals surface area contributed by atoms with Gasteiger partial charge in [0.25, 0.3) is 5.91 Å². The third-order valence-corrected chi connectivity index (χ3v) is 5.13. The Bertz CT molecular complexity index is 1410. The van der Waals surface area contributed by atoms with Crippen molar-refractivity contribution in [3.63, 3.8) is 0 Å². The minimum absolute atomic E-state index is 0.0248. The molecule has 1 amide bonds. The van der Waals surface area contributed by atoms with Gasteiger partial charge in [0.2, 0.25) is 5.95 Å². The highest BCUT2D eigenvalue weighted by molar-refractivity contribution is 5.92. The lowest BCUT2D eigenvalue weighted by Gasteiger charge is -2.17. The monoisotopic (exact) mass is 520 g/mol. The maximum absolute atomic E-state index is 13.8. The van der Waals surface area contributed by atoms with Crippen LogP contribution in [0.1, 0.15) is 12.5 Å². The molecule has 0 spiro atoms. The molecular weight excluding hydrogens is 497 g/mol. The number of halogens is 3. The van der Waals surface area contributed by atoms with E-state index in [1.54, 1.807) is 24.3 Å². The highest BCUT2D eigenvalue weighted by Crippen LogP contribution is 2.19. The van der Waals surface area contributed by atoms with Crippen molar-refractivity contribution >= 4 is 17.5 Å². The number of amides is 1. The largest absolute Gasteiger partial charge is 0.497 e. The summed E-state index contributed by atoms with van der Waals surface area (Å²) >= 11 is 0. The second-order valence-electron chi connectivity index (χ2n) is 7.50. The molecule has 0 atom stereocenters. The van der Waals surface area contributed by atoms with Crippen molar-refractivity contribution in [3.8, 4) is 5.75 Å². The van der Waals surface area contributed by atoms with Gasteiger partial charge < -0.3 is 15.2 Å².